The maximum absolute atomic E-state index is 8.25. The number of nitrogens with zero attached hydrogens (tertiary/aromatic N) is 4. The first-order valence-electron chi connectivity index (χ1n) is 2.19. The van der Waals surface area contributed by atoms with Crippen LogP contribution in [0.3, 0.4) is 0 Å². The van der Waals surface area contributed by atoms with Crippen molar-refractivity contribution < 1.29 is 34.6 Å². The molecule has 0 aliphatic carbocycles. The summed E-state index contributed by atoms with van der Waals surface area (Å²) in [4.78, 5) is 33.0. The van der Waals surface area contributed by atoms with Crippen LogP contribution in [0.25, 0.3) is 0 Å². The van der Waals surface area contributed by atoms with E-state index in [0.29, 0.717) is 0 Å². The smallest absolute Gasteiger partial charge is 0.0689 e. The van der Waals surface area contributed by atoms with Crippen molar-refractivity contribution in [2.75, 3.05) is 0 Å². The fourth-order valence-corrected chi connectivity index (χ4v) is 0. The van der Waals surface area contributed by atoms with Crippen LogP contribution < -0.4 is 0 Å². The molecular weight excluding hydrogens is 491 g/mol. The summed E-state index contributed by atoms with van der Waals surface area (Å²) in [6.07, 6.45) is 0. The second-order valence-electron chi connectivity index (χ2n) is 0.894. The standard InChI is InChI=1S/Am.4NO3/c;4*2-1(3)4/q;4*-1. The molecule has 0 fully saturated rings. The molecule has 0 aromatic rings. The van der Waals surface area contributed by atoms with Crippen molar-refractivity contribution in [2.45, 2.75) is 0 Å². The molecule has 17 heteroatoms. The molecule has 0 aliphatic rings. The Balaban J connectivity index is -0.0000000369. The Labute approximate surface area is 96.9 Å². The Kier molecular flexibility index (Phi) is 39.9. The van der Waals surface area contributed by atoms with Crippen molar-refractivity contribution >= 4 is 0 Å². The van der Waals surface area contributed by atoms with Crippen molar-refractivity contribution in [3.8, 4) is 0 Å². The third-order valence-electron chi connectivity index (χ3n) is 0. The first-order valence-corrected chi connectivity index (χ1v) is 2.19. The van der Waals surface area contributed by atoms with Crippen LogP contribution in [0, 0.1) is 75.6 Å². The largest absolute Gasteiger partial charge is 0.356 e. The topological polar surface area (TPSA) is 265 Å². The molecule has 0 aliphatic heterocycles. The van der Waals surface area contributed by atoms with Gasteiger partial charge >= 0.3 is 0 Å². The molecule has 0 N–H and O–H groups in total. The minimum atomic E-state index is -1.75. The summed E-state index contributed by atoms with van der Waals surface area (Å²) in [5, 5.41) is 59.0. The molecule has 0 unspecified atom stereocenters. The summed E-state index contributed by atoms with van der Waals surface area (Å²) >= 11 is 0. The SMILES string of the molecule is O=[N+]([O-])[O-].O=[N+]([O-])[O-].O=[N+]([O-])[O-].O=[N+]([O-])[O-].[Am]. The number of hydrogen-bond acceptors (Lipinski definition) is 12. The molecule has 16 nitrogen and oxygen atoms in total. The Hall–Kier alpha value is -2.81. The summed E-state index contributed by atoms with van der Waals surface area (Å²) in [5.41, 5.74) is 0. The summed E-state index contributed by atoms with van der Waals surface area (Å²) in [6.45, 7) is 0. The monoisotopic (exact) mass is 489 g/mol. The van der Waals surface area contributed by atoms with Gasteiger partial charge in [-0.15, -0.1) is 0 Å². The van der Waals surface area contributed by atoms with E-state index >= 15 is 0 Å². The van der Waals surface area contributed by atoms with Gasteiger partial charge in [-0.1, -0.05) is 0 Å². The van der Waals surface area contributed by atoms with Gasteiger partial charge in [-0.25, -0.2) is 0 Å². The summed E-state index contributed by atoms with van der Waals surface area (Å²) in [5.74, 6) is 0. The molecule has 17 heavy (non-hydrogen) atoms. The van der Waals surface area contributed by atoms with Crippen LogP contribution >= 0.6 is 0 Å². The van der Waals surface area contributed by atoms with E-state index < -0.39 is 20.3 Å². The third kappa shape index (κ3) is 209. The van der Waals surface area contributed by atoms with Gasteiger partial charge in [0.15, 0.2) is 0 Å². The molecule has 1 radical (unpaired) electrons. The van der Waals surface area contributed by atoms with E-state index in [4.69, 9.17) is 61.3 Å². The quantitative estimate of drug-likeness (QED) is 0.293. The molecule has 0 spiro atoms. The van der Waals surface area contributed by atoms with E-state index in [1.165, 1.54) is 0 Å². The summed E-state index contributed by atoms with van der Waals surface area (Å²) in [6, 6.07) is 0. The first kappa shape index (κ1) is 29.2. The van der Waals surface area contributed by atoms with E-state index in [2.05, 4.69) is 0 Å². The van der Waals surface area contributed by atoms with Crippen LogP contribution in [-0.4, -0.2) is 20.3 Å². The van der Waals surface area contributed by atoms with E-state index in [9.17, 15) is 0 Å². The minimum Gasteiger partial charge on any atom is -0.356 e. The van der Waals surface area contributed by atoms with Crippen LogP contribution in [0.5, 0.6) is 0 Å². The van der Waals surface area contributed by atoms with Crippen LogP contribution in [0.15, 0.2) is 0 Å². The van der Waals surface area contributed by atoms with Gasteiger partial charge in [0.05, 0.1) is 20.3 Å². The Morgan fingerprint density at radius 2 is 0.412 bits per heavy atom. The van der Waals surface area contributed by atoms with Crippen LogP contribution in [0.4, 0.5) is 0 Å². The van der Waals surface area contributed by atoms with Crippen LogP contribution in [0.1, 0.15) is 0 Å². The van der Waals surface area contributed by atoms with Crippen molar-refractivity contribution in [3.05, 3.63) is 61.3 Å². The molecule has 0 aromatic heterocycles. The molecule has 0 bridgehead atoms. The third-order valence-corrected chi connectivity index (χ3v) is 0. The maximum atomic E-state index is 8.25. The summed E-state index contributed by atoms with van der Waals surface area (Å²) in [7, 11) is 0. The average molecular weight is 491 g/mol. The number of rotatable bonds is 0. The zero-order chi connectivity index (χ0) is 14.3. The fraction of sp³-hybridized carbons (Fsp3) is 0. The molecule has 0 saturated heterocycles. The average Bonchev–Trinajstić information content (AvgIpc) is 1.76. The molecule has 0 saturated carbocycles. The molecule has 103 valence electrons. The van der Waals surface area contributed by atoms with Crippen molar-refractivity contribution in [1.29, 1.82) is 0 Å². The van der Waals surface area contributed by atoms with Gasteiger partial charge in [0.1, 0.15) is 0 Å². The van der Waals surface area contributed by atoms with Gasteiger partial charge in [0.2, 0.25) is 0 Å². The van der Waals surface area contributed by atoms with E-state index in [1.807, 2.05) is 0 Å². The van der Waals surface area contributed by atoms with Crippen LogP contribution in [-0.2, 0) is 0 Å². The first-order chi connectivity index (χ1) is 6.93. The zero-order valence-electron chi connectivity index (χ0n) is 7.07. The predicted octanol–water partition coefficient (Wildman–Crippen LogP) is -0.956. The van der Waals surface area contributed by atoms with Gasteiger partial charge in [-0.2, -0.15) is 0 Å². The Morgan fingerprint density at radius 1 is 0.412 bits per heavy atom. The van der Waals surface area contributed by atoms with Gasteiger partial charge < -0.3 is 61.3 Å². The zero-order valence-corrected chi connectivity index (χ0v) is 10.2. The minimum absolute atomic E-state index is 0. The summed E-state index contributed by atoms with van der Waals surface area (Å²) < 4.78 is 0. The molecule has 0 heterocycles. The number of hydrogen-bond donors (Lipinski definition) is 0. The van der Waals surface area contributed by atoms with E-state index in [1.54, 1.807) is 0 Å². The molecular formula is AmN4O12-4. The van der Waals surface area contributed by atoms with Crippen molar-refractivity contribution in [1.82, 2.24) is 0 Å². The predicted molar refractivity (Wildman–Crippen MR) is 41.4 cm³/mol. The molecule has 0 atom stereocenters. The van der Waals surface area contributed by atoms with E-state index in [-0.39, 0.29) is 14.3 Å². The van der Waals surface area contributed by atoms with Crippen LogP contribution in [0.2, 0.25) is 0 Å². The van der Waals surface area contributed by atoms with Crippen molar-refractivity contribution in [3.63, 3.8) is 0 Å². The molecule has 0 aromatic carbocycles. The van der Waals surface area contributed by atoms with Gasteiger partial charge in [0.25, 0.3) is 0 Å². The fourth-order valence-electron chi connectivity index (χ4n) is 0. The Morgan fingerprint density at radius 3 is 0.412 bits per heavy atom. The molecule has 0 rings (SSSR count). The second-order valence-corrected chi connectivity index (χ2v) is 0.894. The van der Waals surface area contributed by atoms with Gasteiger partial charge in [-0.3, -0.25) is 0 Å². The van der Waals surface area contributed by atoms with Gasteiger partial charge in [0, 0.05) is 14.3 Å². The van der Waals surface area contributed by atoms with E-state index in [0.717, 1.165) is 0 Å². The normalized spacial score (nSPS) is 5.65. The Bertz CT molecular complexity index is 159. The molecule has 0 amide bonds. The maximum Gasteiger partial charge on any atom is 0.0689 e. The van der Waals surface area contributed by atoms with Gasteiger partial charge in [-0.05, 0) is 0 Å². The second kappa shape index (κ2) is 23.2. The van der Waals surface area contributed by atoms with Crippen molar-refractivity contribution in [2.24, 2.45) is 0 Å².